The highest BCUT2D eigenvalue weighted by Gasteiger charge is 2.17. The van der Waals surface area contributed by atoms with E-state index < -0.39 is 0 Å². The number of aromatic nitrogens is 1. The number of fused-ring (bicyclic) bond motifs is 1. The van der Waals surface area contributed by atoms with Crippen LogP contribution in [0, 0.1) is 5.92 Å². The highest BCUT2D eigenvalue weighted by atomic mass is 16.5. The maximum absolute atomic E-state index is 13.6. The van der Waals surface area contributed by atoms with Gasteiger partial charge in [0.15, 0.2) is 5.78 Å². The molecule has 0 saturated carbocycles. The molecule has 0 amide bonds. The third-order valence-electron chi connectivity index (χ3n) is 7.16. The molecule has 0 unspecified atom stereocenters. The second-order valence-electron chi connectivity index (χ2n) is 11.0. The average molecular weight is 570 g/mol. The van der Waals surface area contributed by atoms with Gasteiger partial charge in [0, 0.05) is 46.8 Å². The summed E-state index contributed by atoms with van der Waals surface area (Å²) >= 11 is 0. The van der Waals surface area contributed by atoms with Crippen molar-refractivity contribution in [1.82, 2.24) is 4.57 Å². The van der Waals surface area contributed by atoms with Crippen LogP contribution in [0.15, 0.2) is 72.9 Å². The number of aryl methyl sites for hydroxylation is 1. The second kappa shape index (κ2) is 15.2. The molecule has 6 heteroatoms. The molecule has 0 fully saturated rings. The van der Waals surface area contributed by atoms with Crippen LogP contribution in [-0.2, 0) is 29.1 Å². The maximum Gasteiger partial charge on any atom is 0.305 e. The number of carbonyl (C=O) groups is 2. The zero-order valence-corrected chi connectivity index (χ0v) is 25.4. The normalized spacial score (nSPS) is 11.2. The molecule has 222 valence electrons. The molecule has 0 N–H and O–H groups in total. The monoisotopic (exact) mass is 569 g/mol. The maximum atomic E-state index is 13.6. The Balaban J connectivity index is 1.44. The third kappa shape index (κ3) is 8.25. The van der Waals surface area contributed by atoms with Gasteiger partial charge in [-0.2, -0.15) is 0 Å². The number of esters is 1. The fourth-order valence-corrected chi connectivity index (χ4v) is 5.04. The Morgan fingerprint density at radius 2 is 1.69 bits per heavy atom. The fourth-order valence-electron chi connectivity index (χ4n) is 5.04. The van der Waals surface area contributed by atoms with Crippen molar-refractivity contribution < 1.29 is 23.8 Å². The van der Waals surface area contributed by atoms with Crippen LogP contribution in [0.5, 0.6) is 11.5 Å². The summed E-state index contributed by atoms with van der Waals surface area (Å²) in [6.07, 6.45) is 5.98. The van der Waals surface area contributed by atoms with Gasteiger partial charge in [-0.1, -0.05) is 57.5 Å². The summed E-state index contributed by atoms with van der Waals surface area (Å²) < 4.78 is 19.3. The first-order chi connectivity index (χ1) is 20.4. The standard InChI is InChI=1S/C36H43NO5/c1-5-7-21-41-34-23-27(22-26(3)4)14-15-29(34)25-42-30-18-16-28(17-19-30)36(39)32-24-37(20-10-13-35(38)40-6-2)33-12-9-8-11-31(32)33/h8-9,11-12,14-19,23-24,26H,5-7,10,13,20-22,25H2,1-4H3. The van der Waals surface area contributed by atoms with Crippen molar-refractivity contribution in [2.24, 2.45) is 5.92 Å². The van der Waals surface area contributed by atoms with Crippen LogP contribution >= 0.6 is 0 Å². The van der Waals surface area contributed by atoms with Crippen LogP contribution in [-0.4, -0.2) is 29.5 Å². The highest BCUT2D eigenvalue weighted by Crippen LogP contribution is 2.27. The third-order valence-corrected chi connectivity index (χ3v) is 7.16. The Morgan fingerprint density at radius 3 is 2.43 bits per heavy atom. The molecule has 0 spiro atoms. The Hall–Kier alpha value is -4.06. The van der Waals surface area contributed by atoms with Gasteiger partial charge in [0.05, 0.1) is 13.2 Å². The molecule has 4 rings (SSSR count). The van der Waals surface area contributed by atoms with Crippen molar-refractivity contribution in [1.29, 1.82) is 0 Å². The van der Waals surface area contributed by atoms with Crippen LogP contribution in [0.25, 0.3) is 10.9 Å². The number of carbonyl (C=O) groups excluding carboxylic acids is 2. The Morgan fingerprint density at radius 1 is 0.905 bits per heavy atom. The van der Waals surface area contributed by atoms with Crippen LogP contribution in [0.4, 0.5) is 0 Å². The molecule has 0 aliphatic heterocycles. The van der Waals surface area contributed by atoms with E-state index in [1.165, 1.54) is 5.56 Å². The Kier molecular flexibility index (Phi) is 11.2. The number of rotatable bonds is 16. The van der Waals surface area contributed by atoms with Crippen molar-refractivity contribution in [2.75, 3.05) is 13.2 Å². The van der Waals surface area contributed by atoms with Gasteiger partial charge in [0.25, 0.3) is 0 Å². The van der Waals surface area contributed by atoms with Gasteiger partial charge in [-0.25, -0.2) is 0 Å². The Bertz CT molecular complexity index is 1470. The van der Waals surface area contributed by atoms with Crippen LogP contribution in [0.1, 0.15) is 80.4 Å². The highest BCUT2D eigenvalue weighted by molar-refractivity contribution is 6.16. The molecule has 0 radical (unpaired) electrons. The minimum atomic E-state index is -0.198. The number of ether oxygens (including phenoxy) is 3. The van der Waals surface area contributed by atoms with Crippen molar-refractivity contribution in [3.05, 3.63) is 95.2 Å². The molecule has 6 nitrogen and oxygen atoms in total. The second-order valence-corrected chi connectivity index (χ2v) is 11.0. The first kappa shape index (κ1) is 30.9. The van der Waals surface area contributed by atoms with Gasteiger partial charge in [0.2, 0.25) is 0 Å². The topological polar surface area (TPSA) is 66.8 Å². The minimum absolute atomic E-state index is 0.0470. The zero-order valence-electron chi connectivity index (χ0n) is 25.4. The zero-order chi connectivity index (χ0) is 29.9. The number of ketones is 1. The first-order valence-electron chi connectivity index (χ1n) is 15.1. The summed E-state index contributed by atoms with van der Waals surface area (Å²) in [5, 5.41) is 0.899. The van der Waals surface area contributed by atoms with Crippen LogP contribution in [0.3, 0.4) is 0 Å². The summed E-state index contributed by atoms with van der Waals surface area (Å²) in [6.45, 7) is 10.5. The SMILES string of the molecule is CCCCOc1cc(CC(C)C)ccc1COc1ccc(C(=O)c2cn(CCCC(=O)OCC)c3ccccc23)cc1. The van der Waals surface area contributed by atoms with Gasteiger partial charge in [-0.3, -0.25) is 9.59 Å². The van der Waals surface area contributed by atoms with E-state index in [1.807, 2.05) is 59.3 Å². The lowest BCUT2D eigenvalue weighted by Crippen LogP contribution is -2.06. The quantitative estimate of drug-likeness (QED) is 0.0773. The molecule has 1 aromatic heterocycles. The molecule has 0 saturated heterocycles. The van der Waals surface area contributed by atoms with E-state index >= 15 is 0 Å². The summed E-state index contributed by atoms with van der Waals surface area (Å²) in [5.74, 6) is 1.90. The summed E-state index contributed by atoms with van der Waals surface area (Å²) in [6, 6.07) is 21.6. The minimum Gasteiger partial charge on any atom is -0.493 e. The summed E-state index contributed by atoms with van der Waals surface area (Å²) in [7, 11) is 0. The van der Waals surface area contributed by atoms with E-state index in [4.69, 9.17) is 14.2 Å². The number of unbranched alkanes of at least 4 members (excludes halogenated alkanes) is 1. The molecule has 42 heavy (non-hydrogen) atoms. The number of benzene rings is 3. The largest absolute Gasteiger partial charge is 0.493 e. The molecule has 0 aliphatic carbocycles. The summed E-state index contributed by atoms with van der Waals surface area (Å²) in [4.78, 5) is 25.3. The van der Waals surface area contributed by atoms with Crippen LogP contribution in [0.2, 0.25) is 0 Å². The molecule has 4 aromatic rings. The predicted molar refractivity (Wildman–Crippen MR) is 167 cm³/mol. The number of para-hydroxylation sites is 1. The van der Waals surface area contributed by atoms with Crippen molar-refractivity contribution >= 4 is 22.7 Å². The van der Waals surface area contributed by atoms with Gasteiger partial charge in [-0.05, 0) is 74.1 Å². The Labute approximate surface area is 249 Å². The van der Waals surface area contributed by atoms with E-state index in [9.17, 15) is 9.59 Å². The van der Waals surface area contributed by atoms with E-state index in [-0.39, 0.29) is 11.8 Å². The molecule has 0 aliphatic rings. The molecule has 1 heterocycles. The number of hydrogen-bond donors (Lipinski definition) is 0. The molecular formula is C36H43NO5. The number of nitrogens with zero attached hydrogens (tertiary/aromatic N) is 1. The van der Waals surface area contributed by atoms with Crippen molar-refractivity contribution in [3.63, 3.8) is 0 Å². The lowest BCUT2D eigenvalue weighted by atomic mass is 10.0. The van der Waals surface area contributed by atoms with E-state index in [2.05, 4.69) is 39.0 Å². The number of hydrogen-bond acceptors (Lipinski definition) is 5. The van der Waals surface area contributed by atoms with E-state index in [0.717, 1.165) is 41.5 Å². The first-order valence-corrected chi connectivity index (χ1v) is 15.1. The molecule has 0 bridgehead atoms. The average Bonchev–Trinajstić information content (AvgIpc) is 3.35. The smallest absolute Gasteiger partial charge is 0.305 e. The van der Waals surface area contributed by atoms with Crippen molar-refractivity contribution in [3.8, 4) is 11.5 Å². The molecule has 0 atom stereocenters. The van der Waals surface area contributed by atoms with E-state index in [1.54, 1.807) is 6.92 Å². The molecule has 3 aromatic carbocycles. The van der Waals surface area contributed by atoms with Gasteiger partial charge in [0.1, 0.15) is 18.1 Å². The van der Waals surface area contributed by atoms with Gasteiger partial charge < -0.3 is 18.8 Å². The fraction of sp³-hybridized carbons (Fsp3) is 0.389. The van der Waals surface area contributed by atoms with Gasteiger partial charge >= 0.3 is 5.97 Å². The van der Waals surface area contributed by atoms with Gasteiger partial charge in [-0.15, -0.1) is 0 Å². The summed E-state index contributed by atoms with van der Waals surface area (Å²) in [5.41, 5.74) is 4.49. The lowest BCUT2D eigenvalue weighted by Gasteiger charge is -2.15. The molecular weight excluding hydrogens is 526 g/mol. The van der Waals surface area contributed by atoms with Crippen molar-refractivity contribution in [2.45, 2.75) is 73.0 Å². The van der Waals surface area contributed by atoms with E-state index in [0.29, 0.717) is 62.0 Å². The predicted octanol–water partition coefficient (Wildman–Crippen LogP) is 8.17. The lowest BCUT2D eigenvalue weighted by molar-refractivity contribution is -0.143. The van der Waals surface area contributed by atoms with Crippen LogP contribution < -0.4 is 9.47 Å².